The van der Waals surface area contributed by atoms with Crippen LogP contribution in [0.4, 0.5) is 0 Å². The van der Waals surface area contributed by atoms with Crippen LogP contribution in [0, 0.1) is 6.92 Å². The summed E-state index contributed by atoms with van der Waals surface area (Å²) in [6, 6.07) is 5.17. The van der Waals surface area contributed by atoms with Crippen molar-refractivity contribution >= 4 is 39.7 Å². The van der Waals surface area contributed by atoms with Gasteiger partial charge in [0, 0.05) is 23.3 Å². The minimum atomic E-state index is -1.11. The highest BCUT2D eigenvalue weighted by Gasteiger charge is 2.22. The zero-order valence-corrected chi connectivity index (χ0v) is 15.9. The Morgan fingerprint density at radius 1 is 1.39 bits per heavy atom. The molecule has 0 radical (unpaired) electrons. The number of aliphatic imine (C=N–C) groups is 1. The fraction of sp³-hybridized carbons (Fsp3) is 0.333. The largest absolute Gasteiger partial charge is 0.484 e. The third-order valence-electron chi connectivity index (χ3n) is 3.94. The van der Waals surface area contributed by atoms with Crippen LogP contribution < -0.4 is 21.0 Å². The monoisotopic (exact) mass is 405 g/mol. The van der Waals surface area contributed by atoms with E-state index in [-0.39, 0.29) is 6.61 Å². The zero-order chi connectivity index (χ0) is 20.1. The molecule has 0 aliphatic carbocycles. The maximum absolute atomic E-state index is 12.1. The van der Waals surface area contributed by atoms with Gasteiger partial charge in [-0.05, 0) is 24.6 Å². The first-order valence-electron chi connectivity index (χ1n) is 8.52. The van der Waals surface area contributed by atoms with E-state index >= 15 is 0 Å². The molecule has 1 aromatic heterocycles. The van der Waals surface area contributed by atoms with E-state index in [0.717, 1.165) is 16.7 Å². The van der Waals surface area contributed by atoms with Crippen molar-refractivity contribution in [3.8, 4) is 5.75 Å². The maximum atomic E-state index is 12.1. The smallest absolute Gasteiger partial charge is 0.336 e. The SMILES string of the molecule is Cc1cc(=O)oc2cc(OCC(=O)N[C@@H](CO)C(=O)NC3=NCCS3)ccc12. The molecule has 9 nitrogen and oxygen atoms in total. The van der Waals surface area contributed by atoms with Gasteiger partial charge in [0.05, 0.1) is 13.2 Å². The standard InChI is InChI=1S/C18H19N3O6S/c1-10-6-16(24)27-14-7-11(2-3-12(10)14)26-9-15(23)20-13(8-22)17(25)21-18-19-4-5-28-18/h2-3,6-7,13,22H,4-5,8-9H2,1H3,(H,20,23)(H,19,21,25)/t13-/m0/s1. The van der Waals surface area contributed by atoms with Gasteiger partial charge in [-0.15, -0.1) is 0 Å². The van der Waals surface area contributed by atoms with Crippen LogP contribution in [0.3, 0.4) is 0 Å². The first-order valence-corrected chi connectivity index (χ1v) is 9.50. The van der Waals surface area contributed by atoms with Crippen LogP contribution in [0.1, 0.15) is 5.56 Å². The molecule has 28 heavy (non-hydrogen) atoms. The van der Waals surface area contributed by atoms with Crippen molar-refractivity contribution in [1.29, 1.82) is 0 Å². The Morgan fingerprint density at radius 3 is 2.93 bits per heavy atom. The minimum Gasteiger partial charge on any atom is -0.484 e. The highest BCUT2D eigenvalue weighted by atomic mass is 32.2. The number of ether oxygens (including phenoxy) is 1. The van der Waals surface area contributed by atoms with Crippen molar-refractivity contribution in [2.24, 2.45) is 4.99 Å². The lowest BCUT2D eigenvalue weighted by Crippen LogP contribution is -2.50. The van der Waals surface area contributed by atoms with Gasteiger partial charge in [0.2, 0.25) is 0 Å². The second-order valence-corrected chi connectivity index (χ2v) is 7.11. The number of nitrogens with one attached hydrogen (secondary N) is 2. The summed E-state index contributed by atoms with van der Waals surface area (Å²) in [5.74, 6) is -0.0172. The molecule has 148 valence electrons. The molecule has 1 aliphatic heterocycles. The summed E-state index contributed by atoms with van der Waals surface area (Å²) in [7, 11) is 0. The van der Waals surface area contributed by atoms with Gasteiger partial charge < -0.3 is 24.9 Å². The molecular formula is C18H19N3O6S. The summed E-state index contributed by atoms with van der Waals surface area (Å²) in [6.07, 6.45) is 0. The number of benzene rings is 1. The Kier molecular flexibility index (Phi) is 6.32. The van der Waals surface area contributed by atoms with Gasteiger partial charge in [0.15, 0.2) is 11.8 Å². The van der Waals surface area contributed by atoms with Crippen LogP contribution in [0.5, 0.6) is 5.75 Å². The van der Waals surface area contributed by atoms with Crippen LogP contribution in [-0.4, -0.2) is 53.6 Å². The molecule has 0 fully saturated rings. The molecule has 10 heteroatoms. The van der Waals surface area contributed by atoms with Gasteiger partial charge in [0.1, 0.15) is 17.4 Å². The lowest BCUT2D eigenvalue weighted by atomic mass is 10.1. The third kappa shape index (κ3) is 4.90. The van der Waals surface area contributed by atoms with E-state index in [0.29, 0.717) is 23.0 Å². The Balaban J connectivity index is 1.57. The molecule has 0 bridgehead atoms. The number of amidine groups is 1. The summed E-state index contributed by atoms with van der Waals surface area (Å²) < 4.78 is 10.5. The van der Waals surface area contributed by atoms with Crippen LogP contribution in [-0.2, 0) is 9.59 Å². The average molecular weight is 405 g/mol. The molecule has 2 amide bonds. The number of aliphatic hydroxyl groups is 1. The van der Waals surface area contributed by atoms with E-state index in [4.69, 9.17) is 9.15 Å². The fourth-order valence-corrected chi connectivity index (χ4v) is 3.31. The normalized spacial score (nSPS) is 14.4. The summed E-state index contributed by atoms with van der Waals surface area (Å²) in [5.41, 5.74) is 0.657. The summed E-state index contributed by atoms with van der Waals surface area (Å²) in [5, 5.41) is 15.6. The average Bonchev–Trinajstić information content (AvgIpc) is 3.16. The molecule has 0 saturated heterocycles. The molecule has 2 aromatic rings. The number of thioether (sulfide) groups is 1. The van der Waals surface area contributed by atoms with Crippen molar-refractivity contribution in [2.45, 2.75) is 13.0 Å². The number of amides is 2. The van der Waals surface area contributed by atoms with Gasteiger partial charge >= 0.3 is 5.63 Å². The van der Waals surface area contributed by atoms with Crippen molar-refractivity contribution < 1.29 is 23.8 Å². The van der Waals surface area contributed by atoms with E-state index in [1.165, 1.54) is 23.9 Å². The number of aliphatic hydroxyl groups excluding tert-OH is 1. The predicted molar refractivity (Wildman–Crippen MR) is 105 cm³/mol. The number of carbonyl (C=O) groups is 2. The van der Waals surface area contributed by atoms with E-state index in [1.54, 1.807) is 19.1 Å². The van der Waals surface area contributed by atoms with Crippen LogP contribution in [0.15, 0.2) is 38.5 Å². The topological polar surface area (TPSA) is 130 Å². The van der Waals surface area contributed by atoms with Gasteiger partial charge in [0.25, 0.3) is 11.8 Å². The fourth-order valence-electron chi connectivity index (χ4n) is 2.58. The van der Waals surface area contributed by atoms with Crippen molar-refractivity contribution in [3.05, 3.63) is 40.2 Å². The van der Waals surface area contributed by atoms with Crippen LogP contribution >= 0.6 is 11.8 Å². The second kappa shape index (κ2) is 8.89. The van der Waals surface area contributed by atoms with Crippen molar-refractivity contribution in [1.82, 2.24) is 10.6 Å². The van der Waals surface area contributed by atoms with E-state index in [2.05, 4.69) is 15.6 Å². The number of rotatable bonds is 6. The summed E-state index contributed by atoms with van der Waals surface area (Å²) >= 11 is 1.40. The first-order chi connectivity index (χ1) is 13.5. The Bertz CT molecular complexity index is 987. The molecule has 3 rings (SSSR count). The minimum absolute atomic E-state index is 0.332. The molecule has 2 heterocycles. The molecule has 1 atom stereocenters. The highest BCUT2D eigenvalue weighted by molar-refractivity contribution is 8.14. The zero-order valence-electron chi connectivity index (χ0n) is 15.1. The summed E-state index contributed by atoms with van der Waals surface area (Å²) in [6.45, 7) is 1.48. The Morgan fingerprint density at radius 2 is 2.21 bits per heavy atom. The number of fused-ring (bicyclic) bond motifs is 1. The molecule has 0 unspecified atom stereocenters. The number of carbonyl (C=O) groups excluding carboxylic acids is 2. The van der Waals surface area contributed by atoms with Crippen LogP contribution in [0.25, 0.3) is 11.0 Å². The predicted octanol–water partition coefficient (Wildman–Crippen LogP) is 0.176. The quantitative estimate of drug-likeness (QED) is 0.584. The Hall–Kier alpha value is -2.85. The van der Waals surface area contributed by atoms with Gasteiger partial charge in [-0.25, -0.2) is 4.79 Å². The van der Waals surface area contributed by atoms with E-state index in [9.17, 15) is 19.5 Å². The lowest BCUT2D eigenvalue weighted by Gasteiger charge is -2.16. The van der Waals surface area contributed by atoms with Crippen molar-refractivity contribution in [2.75, 3.05) is 25.5 Å². The van der Waals surface area contributed by atoms with Gasteiger partial charge in [-0.2, -0.15) is 0 Å². The second-order valence-electron chi connectivity index (χ2n) is 6.02. The summed E-state index contributed by atoms with van der Waals surface area (Å²) in [4.78, 5) is 39.7. The van der Waals surface area contributed by atoms with Crippen molar-refractivity contribution in [3.63, 3.8) is 0 Å². The molecule has 1 aromatic carbocycles. The molecule has 0 spiro atoms. The number of aryl methyl sites for hydroxylation is 1. The molecular weight excluding hydrogens is 386 g/mol. The number of hydrogen-bond donors (Lipinski definition) is 3. The highest BCUT2D eigenvalue weighted by Crippen LogP contribution is 2.22. The Labute approximate surface area is 164 Å². The number of hydrogen-bond acceptors (Lipinski definition) is 8. The van der Waals surface area contributed by atoms with Gasteiger partial charge in [-0.3, -0.25) is 14.6 Å². The van der Waals surface area contributed by atoms with E-state index < -0.39 is 30.1 Å². The third-order valence-corrected chi connectivity index (χ3v) is 4.83. The lowest BCUT2D eigenvalue weighted by molar-refractivity contribution is -0.130. The number of nitrogens with zero attached hydrogens (tertiary/aromatic N) is 1. The van der Waals surface area contributed by atoms with Crippen LogP contribution in [0.2, 0.25) is 0 Å². The van der Waals surface area contributed by atoms with Gasteiger partial charge in [-0.1, -0.05) is 11.8 Å². The molecule has 3 N–H and O–H groups in total. The van der Waals surface area contributed by atoms with E-state index in [1.807, 2.05) is 0 Å². The molecule has 1 aliphatic rings. The first kappa shape index (κ1) is 19.9. The molecule has 0 saturated carbocycles. The maximum Gasteiger partial charge on any atom is 0.336 e.